The maximum Gasteiger partial charge on any atom is 0.308 e. The van der Waals surface area contributed by atoms with Crippen LogP contribution in [0.2, 0.25) is 0 Å². The van der Waals surface area contributed by atoms with Gasteiger partial charge in [0.25, 0.3) is 0 Å². The minimum atomic E-state index is -0.884. The van der Waals surface area contributed by atoms with Crippen molar-refractivity contribution in [2.24, 2.45) is 11.3 Å². The Labute approximate surface area is 106 Å². The lowest BCUT2D eigenvalue weighted by Gasteiger charge is -2.35. The average Bonchev–Trinajstić information content (AvgIpc) is 2.30. The molecule has 6 heteroatoms. The van der Waals surface area contributed by atoms with E-state index in [4.69, 9.17) is 5.11 Å². The van der Waals surface area contributed by atoms with Crippen molar-refractivity contribution in [3.63, 3.8) is 0 Å². The number of nitrogens with zero attached hydrogens (tertiary/aromatic N) is 1. The Morgan fingerprint density at radius 1 is 1.50 bits per heavy atom. The third-order valence-electron chi connectivity index (χ3n) is 3.28. The van der Waals surface area contributed by atoms with E-state index in [1.807, 2.05) is 0 Å². The Morgan fingerprint density at radius 3 is 2.61 bits per heavy atom. The lowest BCUT2D eigenvalue weighted by Crippen LogP contribution is -2.50. The zero-order valence-corrected chi connectivity index (χ0v) is 11.0. The molecule has 0 bridgehead atoms. The van der Waals surface area contributed by atoms with Crippen LogP contribution in [0.4, 0.5) is 0 Å². The number of likely N-dealkylation sites (tertiary alicyclic amines) is 1. The highest BCUT2D eigenvalue weighted by atomic mass is 16.4. The molecule has 1 aliphatic rings. The molecule has 1 saturated heterocycles. The van der Waals surface area contributed by atoms with Gasteiger partial charge in [0, 0.05) is 26.6 Å². The molecule has 0 aromatic carbocycles. The summed E-state index contributed by atoms with van der Waals surface area (Å²) >= 11 is 0. The zero-order valence-electron chi connectivity index (χ0n) is 11.0. The van der Waals surface area contributed by atoms with Crippen LogP contribution in [0.25, 0.3) is 0 Å². The average molecular weight is 256 g/mol. The third kappa shape index (κ3) is 3.21. The molecule has 1 fully saturated rings. The van der Waals surface area contributed by atoms with E-state index in [2.05, 4.69) is 5.32 Å². The Balaban J connectivity index is 2.72. The van der Waals surface area contributed by atoms with Crippen molar-refractivity contribution in [1.29, 1.82) is 0 Å². The fourth-order valence-corrected chi connectivity index (χ4v) is 2.16. The highest BCUT2D eigenvalue weighted by Gasteiger charge is 2.36. The van der Waals surface area contributed by atoms with Gasteiger partial charge < -0.3 is 15.3 Å². The van der Waals surface area contributed by atoms with E-state index < -0.39 is 17.3 Å². The molecule has 2 N–H and O–H groups in total. The van der Waals surface area contributed by atoms with Gasteiger partial charge in [-0.1, -0.05) is 0 Å². The fraction of sp³-hybridized carbons (Fsp3) is 0.750. The Morgan fingerprint density at radius 2 is 2.11 bits per heavy atom. The molecule has 6 nitrogen and oxygen atoms in total. The standard InChI is InChI=1S/C12H20N2O4/c1-12(2,11(18)13-3)7-14-6-8(10(16)17)4-5-9(14)15/h8H,4-7H2,1-3H3,(H,13,18)(H,16,17). The largest absolute Gasteiger partial charge is 0.481 e. The van der Waals surface area contributed by atoms with E-state index in [1.54, 1.807) is 20.9 Å². The van der Waals surface area contributed by atoms with Gasteiger partial charge in [0.1, 0.15) is 0 Å². The number of carboxylic acid groups (broad SMARTS) is 1. The first-order chi connectivity index (χ1) is 8.27. The van der Waals surface area contributed by atoms with Crippen LogP contribution in [0.1, 0.15) is 26.7 Å². The molecule has 102 valence electrons. The van der Waals surface area contributed by atoms with E-state index in [1.165, 1.54) is 4.90 Å². The number of carbonyl (C=O) groups excluding carboxylic acids is 2. The van der Waals surface area contributed by atoms with Crippen molar-refractivity contribution in [2.45, 2.75) is 26.7 Å². The van der Waals surface area contributed by atoms with Gasteiger partial charge in [0.05, 0.1) is 11.3 Å². The molecular weight excluding hydrogens is 236 g/mol. The van der Waals surface area contributed by atoms with Gasteiger partial charge in [0.2, 0.25) is 11.8 Å². The second kappa shape index (κ2) is 5.37. The fourth-order valence-electron chi connectivity index (χ4n) is 2.16. The minimum Gasteiger partial charge on any atom is -0.481 e. The van der Waals surface area contributed by atoms with Crippen molar-refractivity contribution < 1.29 is 19.5 Å². The molecule has 0 aromatic rings. The monoisotopic (exact) mass is 256 g/mol. The molecule has 0 saturated carbocycles. The van der Waals surface area contributed by atoms with Crippen molar-refractivity contribution in [3.8, 4) is 0 Å². The first-order valence-electron chi connectivity index (χ1n) is 6.00. The van der Waals surface area contributed by atoms with E-state index >= 15 is 0 Å². The predicted octanol–water partition coefficient (Wildman–Crippen LogP) is 0.0818. The second-order valence-electron chi connectivity index (χ2n) is 5.31. The molecular formula is C12H20N2O4. The lowest BCUT2D eigenvalue weighted by molar-refractivity contribution is -0.148. The summed E-state index contributed by atoms with van der Waals surface area (Å²) in [6, 6.07) is 0. The van der Waals surface area contributed by atoms with Crippen LogP contribution in [-0.4, -0.2) is 47.9 Å². The third-order valence-corrected chi connectivity index (χ3v) is 3.28. The molecule has 1 aliphatic heterocycles. The molecule has 1 heterocycles. The van der Waals surface area contributed by atoms with Crippen molar-refractivity contribution in [2.75, 3.05) is 20.1 Å². The van der Waals surface area contributed by atoms with E-state index in [0.29, 0.717) is 6.42 Å². The summed E-state index contributed by atoms with van der Waals surface area (Å²) < 4.78 is 0. The molecule has 0 spiro atoms. The van der Waals surface area contributed by atoms with Gasteiger partial charge in [-0.15, -0.1) is 0 Å². The van der Waals surface area contributed by atoms with Crippen LogP contribution in [0, 0.1) is 11.3 Å². The number of aliphatic carboxylic acids is 1. The maximum absolute atomic E-state index is 11.8. The normalized spacial score (nSPS) is 20.7. The number of carbonyl (C=O) groups is 3. The smallest absolute Gasteiger partial charge is 0.308 e. The number of amides is 2. The van der Waals surface area contributed by atoms with Gasteiger partial charge >= 0.3 is 5.97 Å². The summed E-state index contributed by atoms with van der Waals surface area (Å²) in [6.07, 6.45) is 0.617. The molecule has 0 aromatic heterocycles. The summed E-state index contributed by atoms with van der Waals surface area (Å²) in [5.41, 5.74) is -0.717. The Bertz CT molecular complexity index is 365. The highest BCUT2D eigenvalue weighted by Crippen LogP contribution is 2.23. The van der Waals surface area contributed by atoms with Crippen LogP contribution >= 0.6 is 0 Å². The molecule has 1 rings (SSSR count). The van der Waals surface area contributed by atoms with Gasteiger partial charge in [-0.3, -0.25) is 14.4 Å². The van der Waals surface area contributed by atoms with E-state index in [0.717, 1.165) is 0 Å². The SMILES string of the molecule is CNC(=O)C(C)(C)CN1CC(C(=O)O)CCC1=O. The summed E-state index contributed by atoms with van der Waals surface area (Å²) in [4.78, 5) is 35.8. The Hall–Kier alpha value is -1.59. The van der Waals surface area contributed by atoms with Crippen LogP contribution < -0.4 is 5.32 Å². The minimum absolute atomic E-state index is 0.0792. The van der Waals surface area contributed by atoms with Crippen molar-refractivity contribution in [1.82, 2.24) is 10.2 Å². The van der Waals surface area contributed by atoms with Crippen LogP contribution in [0.5, 0.6) is 0 Å². The van der Waals surface area contributed by atoms with Gasteiger partial charge in [-0.25, -0.2) is 0 Å². The quantitative estimate of drug-likeness (QED) is 0.746. The van der Waals surface area contributed by atoms with Crippen molar-refractivity contribution in [3.05, 3.63) is 0 Å². The Kier molecular flexibility index (Phi) is 4.32. The molecule has 1 unspecified atom stereocenters. The van der Waals surface area contributed by atoms with Gasteiger partial charge in [-0.2, -0.15) is 0 Å². The maximum atomic E-state index is 11.8. The van der Waals surface area contributed by atoms with Crippen LogP contribution in [0.3, 0.4) is 0 Å². The number of carboxylic acids is 1. The van der Waals surface area contributed by atoms with E-state index in [9.17, 15) is 14.4 Å². The number of nitrogens with one attached hydrogen (secondary N) is 1. The van der Waals surface area contributed by atoms with Crippen LogP contribution in [-0.2, 0) is 14.4 Å². The highest BCUT2D eigenvalue weighted by molar-refractivity contribution is 5.84. The topological polar surface area (TPSA) is 86.7 Å². The predicted molar refractivity (Wildman–Crippen MR) is 64.8 cm³/mol. The van der Waals surface area contributed by atoms with E-state index in [-0.39, 0.29) is 31.3 Å². The summed E-state index contributed by atoms with van der Waals surface area (Å²) in [7, 11) is 1.54. The zero-order chi connectivity index (χ0) is 13.9. The first-order valence-corrected chi connectivity index (χ1v) is 6.00. The van der Waals surface area contributed by atoms with Gasteiger partial charge in [-0.05, 0) is 20.3 Å². The number of rotatable bonds is 4. The summed E-state index contributed by atoms with van der Waals surface area (Å²) in [5.74, 6) is -1.65. The molecule has 0 radical (unpaired) electrons. The molecule has 0 aliphatic carbocycles. The van der Waals surface area contributed by atoms with Crippen LogP contribution in [0.15, 0.2) is 0 Å². The number of hydrogen-bond acceptors (Lipinski definition) is 3. The summed E-state index contributed by atoms with van der Waals surface area (Å²) in [6.45, 7) is 3.91. The summed E-state index contributed by atoms with van der Waals surface area (Å²) in [5, 5.41) is 11.5. The number of piperidine rings is 1. The van der Waals surface area contributed by atoms with Crippen molar-refractivity contribution >= 4 is 17.8 Å². The molecule has 18 heavy (non-hydrogen) atoms. The number of hydrogen-bond donors (Lipinski definition) is 2. The molecule has 1 atom stereocenters. The second-order valence-corrected chi connectivity index (χ2v) is 5.31. The van der Waals surface area contributed by atoms with Gasteiger partial charge in [0.15, 0.2) is 0 Å². The lowest BCUT2D eigenvalue weighted by atomic mass is 9.89. The first kappa shape index (κ1) is 14.5. The molecule has 2 amide bonds.